The predicted octanol–water partition coefficient (Wildman–Crippen LogP) is -0.757. The predicted molar refractivity (Wildman–Crippen MR) is 27.6 cm³/mol. The minimum absolute atomic E-state index is 0.0810. The highest BCUT2D eigenvalue weighted by molar-refractivity contribution is 6.21. The quantitative estimate of drug-likeness (QED) is 0.434. The fourth-order valence-corrected chi connectivity index (χ4v) is 0.183. The first-order valence-electron chi connectivity index (χ1n) is 2.11. The Morgan fingerprint density at radius 1 is 1.67 bits per heavy atom. The smallest absolute Gasteiger partial charge is 0.358 e. The van der Waals surface area contributed by atoms with Gasteiger partial charge in [-0.1, -0.05) is 13.8 Å². The van der Waals surface area contributed by atoms with Crippen LogP contribution in [0.4, 0.5) is 0 Å². The lowest BCUT2D eigenvalue weighted by atomic mass is 10.2. The minimum Gasteiger partial charge on any atom is -0.440 e. The molecule has 0 unspecified atom stereocenters. The Bertz CT molecular complexity index is 32.0. The number of hydrogen-bond acceptors (Lipinski definition) is 2. The molecule has 0 saturated carbocycles. The Kier molecular flexibility index (Phi) is 3.18. The van der Waals surface area contributed by atoms with Crippen LogP contribution in [0.2, 0.25) is 0 Å². The molecule has 0 aliphatic carbocycles. The van der Waals surface area contributed by atoms with E-state index in [4.69, 9.17) is 5.02 Å². The Hall–Kier alpha value is -0.0151. The molecule has 36 valence electrons. The van der Waals surface area contributed by atoms with Crippen molar-refractivity contribution in [3.8, 4) is 0 Å². The van der Waals surface area contributed by atoms with Crippen LogP contribution in [0.3, 0.4) is 0 Å². The van der Waals surface area contributed by atoms with Crippen molar-refractivity contribution < 1.29 is 5.02 Å². The molecule has 6 heavy (non-hydrogen) atoms. The van der Waals surface area contributed by atoms with E-state index in [1.807, 2.05) is 13.8 Å². The summed E-state index contributed by atoms with van der Waals surface area (Å²) >= 11 is 0. The number of nitrogens with one attached hydrogen (secondary N) is 1. The van der Waals surface area contributed by atoms with Gasteiger partial charge in [0.05, 0.1) is 0 Å². The Labute approximate surface area is 38.9 Å². The monoisotopic (exact) mass is 87.1 g/mol. The molecule has 0 aromatic heterocycles. The lowest BCUT2D eigenvalue weighted by molar-refractivity contribution is 0.563. The van der Waals surface area contributed by atoms with E-state index in [-0.39, 0.29) is 7.62 Å². The third-order valence-electron chi connectivity index (χ3n) is 0.500. The fourth-order valence-electron chi connectivity index (χ4n) is 0.183. The first-order chi connectivity index (χ1) is 2.77. The zero-order chi connectivity index (χ0) is 4.99. The molecule has 3 heteroatoms. The highest BCUT2D eigenvalue weighted by Gasteiger charge is 1.85. The molecule has 0 bridgehead atoms. The third kappa shape index (κ3) is 3.98. The number of hydrogen-bond donors (Lipinski definition) is 2. The van der Waals surface area contributed by atoms with E-state index in [1.165, 1.54) is 0 Å². The molecule has 0 radical (unpaired) electrons. The maximum Gasteiger partial charge on any atom is 0.358 e. The molecule has 2 N–H and O–H groups in total. The van der Waals surface area contributed by atoms with Crippen LogP contribution in [0.15, 0.2) is 0 Å². The van der Waals surface area contributed by atoms with Crippen molar-refractivity contribution in [2.24, 2.45) is 0 Å². The minimum atomic E-state index is 0.0810. The lowest BCUT2D eigenvalue weighted by Gasteiger charge is -1.98. The summed E-state index contributed by atoms with van der Waals surface area (Å²) in [6.07, 6.45) is 0. The normalized spacial score (nSPS) is 9.33. The Balaban J connectivity index is 2.63. The van der Waals surface area contributed by atoms with Gasteiger partial charge in [-0.05, 0) is 6.04 Å². The molecular weight excluding hydrogens is 76.9 g/mol. The Morgan fingerprint density at radius 2 is 2.17 bits per heavy atom. The second kappa shape index (κ2) is 3.19. The summed E-state index contributed by atoms with van der Waals surface area (Å²) in [6, 6.07) is 0.398. The van der Waals surface area contributed by atoms with Gasteiger partial charge in [-0.2, -0.15) is 0 Å². The molecule has 0 atom stereocenters. The molecule has 0 heterocycles. The molecule has 0 saturated heterocycles. The second-order valence-electron chi connectivity index (χ2n) is 1.52. The van der Waals surface area contributed by atoms with Gasteiger partial charge in [0.1, 0.15) is 0 Å². The van der Waals surface area contributed by atoms with Gasteiger partial charge in [0.25, 0.3) is 0 Å². The van der Waals surface area contributed by atoms with Crippen LogP contribution < -0.4 is 5.23 Å². The van der Waals surface area contributed by atoms with Gasteiger partial charge in [-0.25, -0.2) is 0 Å². The zero-order valence-corrected chi connectivity index (χ0v) is 4.23. The van der Waals surface area contributed by atoms with E-state index in [9.17, 15) is 0 Å². The van der Waals surface area contributed by atoms with Crippen LogP contribution in [0.5, 0.6) is 0 Å². The summed E-state index contributed by atoms with van der Waals surface area (Å²) in [7, 11) is 0.0810. The molecule has 0 aliphatic rings. The van der Waals surface area contributed by atoms with Gasteiger partial charge >= 0.3 is 7.62 Å². The molecule has 0 aromatic rings. The van der Waals surface area contributed by atoms with Gasteiger partial charge in [0, 0.05) is 0 Å². The molecule has 0 aliphatic heterocycles. The van der Waals surface area contributed by atoms with Crippen LogP contribution in [-0.4, -0.2) is 18.7 Å². The summed E-state index contributed by atoms with van der Waals surface area (Å²) in [5.74, 6) is 0. The summed E-state index contributed by atoms with van der Waals surface area (Å²) in [5.41, 5.74) is 0. The first kappa shape index (κ1) is 5.98. The zero-order valence-electron chi connectivity index (χ0n) is 4.23. The fraction of sp³-hybridized carbons (Fsp3) is 1.00. The third-order valence-corrected chi connectivity index (χ3v) is 0.500. The highest BCUT2D eigenvalue weighted by Crippen LogP contribution is 1.68. The van der Waals surface area contributed by atoms with E-state index >= 15 is 0 Å². The number of rotatable bonds is 2. The summed E-state index contributed by atoms with van der Waals surface area (Å²) in [6.45, 7) is 3.96. The maximum absolute atomic E-state index is 8.13. The highest BCUT2D eigenvalue weighted by atomic mass is 16.2. The van der Waals surface area contributed by atoms with Crippen LogP contribution in [-0.2, 0) is 0 Å². The van der Waals surface area contributed by atoms with Crippen molar-refractivity contribution in [1.82, 2.24) is 5.23 Å². The standard InChI is InChI=1S/C3H10BNO/c1-3(2)5-4-6/h3-6H,1-2H3. The largest absolute Gasteiger partial charge is 0.440 e. The topological polar surface area (TPSA) is 32.3 Å². The van der Waals surface area contributed by atoms with E-state index in [2.05, 4.69) is 5.23 Å². The van der Waals surface area contributed by atoms with Crippen molar-refractivity contribution in [3.05, 3.63) is 0 Å². The van der Waals surface area contributed by atoms with Crippen molar-refractivity contribution in [3.63, 3.8) is 0 Å². The molecule has 0 rings (SSSR count). The summed E-state index contributed by atoms with van der Waals surface area (Å²) < 4.78 is 0. The SMILES string of the molecule is CC(C)NBO. The Morgan fingerprint density at radius 3 is 2.17 bits per heavy atom. The van der Waals surface area contributed by atoms with Crippen LogP contribution in [0, 0.1) is 0 Å². The van der Waals surface area contributed by atoms with Crippen molar-refractivity contribution in [1.29, 1.82) is 0 Å². The molecule has 2 nitrogen and oxygen atoms in total. The molecule has 0 amide bonds. The lowest BCUT2D eigenvalue weighted by Crippen LogP contribution is -2.26. The van der Waals surface area contributed by atoms with Gasteiger partial charge in [0.15, 0.2) is 0 Å². The van der Waals surface area contributed by atoms with E-state index < -0.39 is 0 Å². The van der Waals surface area contributed by atoms with Gasteiger partial charge < -0.3 is 10.3 Å². The van der Waals surface area contributed by atoms with E-state index in [0.29, 0.717) is 6.04 Å². The van der Waals surface area contributed by atoms with Crippen molar-refractivity contribution in [2.45, 2.75) is 19.9 Å². The van der Waals surface area contributed by atoms with E-state index in [0.717, 1.165) is 0 Å². The van der Waals surface area contributed by atoms with Gasteiger partial charge in [-0.3, -0.25) is 0 Å². The molecule has 0 fully saturated rings. The van der Waals surface area contributed by atoms with Gasteiger partial charge in [0.2, 0.25) is 0 Å². The van der Waals surface area contributed by atoms with Crippen molar-refractivity contribution in [2.75, 3.05) is 0 Å². The summed E-state index contributed by atoms with van der Waals surface area (Å²) in [4.78, 5) is 0. The van der Waals surface area contributed by atoms with Crippen LogP contribution in [0.25, 0.3) is 0 Å². The van der Waals surface area contributed by atoms with Crippen LogP contribution in [0.1, 0.15) is 13.8 Å². The molecule has 0 aromatic carbocycles. The second-order valence-corrected chi connectivity index (χ2v) is 1.52. The van der Waals surface area contributed by atoms with Crippen LogP contribution >= 0.6 is 0 Å². The van der Waals surface area contributed by atoms with Crippen molar-refractivity contribution >= 4 is 7.62 Å². The molecule has 0 spiro atoms. The average molecular weight is 86.9 g/mol. The van der Waals surface area contributed by atoms with E-state index in [1.54, 1.807) is 0 Å². The molecular formula is C3H10BNO. The van der Waals surface area contributed by atoms with Gasteiger partial charge in [-0.15, -0.1) is 0 Å². The average Bonchev–Trinajstić information content (AvgIpc) is 1.35. The maximum atomic E-state index is 8.13. The summed E-state index contributed by atoms with van der Waals surface area (Å²) in [5, 5.41) is 10.9. The first-order valence-corrected chi connectivity index (χ1v) is 2.11.